The zero-order valence-corrected chi connectivity index (χ0v) is 8.03. The number of aliphatic hydroxyl groups is 1. The molecule has 5 nitrogen and oxygen atoms in total. The third-order valence-corrected chi connectivity index (χ3v) is 1.79. The van der Waals surface area contributed by atoms with Crippen molar-refractivity contribution in [2.75, 3.05) is 19.7 Å². The Hall–Kier alpha value is -0.940. The molecule has 0 fully saturated rings. The van der Waals surface area contributed by atoms with Crippen molar-refractivity contribution in [1.82, 2.24) is 15.1 Å². The molecule has 0 saturated carbocycles. The van der Waals surface area contributed by atoms with Gasteiger partial charge in [0.2, 0.25) is 11.8 Å². The van der Waals surface area contributed by atoms with Crippen molar-refractivity contribution in [3.63, 3.8) is 0 Å². The summed E-state index contributed by atoms with van der Waals surface area (Å²) in [5, 5.41) is 16.3. The number of hydrogen-bond acceptors (Lipinski definition) is 5. The van der Waals surface area contributed by atoms with Crippen molar-refractivity contribution < 1.29 is 9.52 Å². The van der Waals surface area contributed by atoms with Gasteiger partial charge in [0.15, 0.2) is 0 Å². The third-order valence-electron chi connectivity index (χ3n) is 1.79. The monoisotopic (exact) mass is 185 g/mol. The van der Waals surface area contributed by atoms with Crippen molar-refractivity contribution in [2.45, 2.75) is 20.4 Å². The Balaban J connectivity index is 2.46. The Bertz CT molecular complexity index is 249. The molecule has 0 saturated heterocycles. The summed E-state index contributed by atoms with van der Waals surface area (Å²) in [4.78, 5) is 2.03. The van der Waals surface area contributed by atoms with Crippen molar-refractivity contribution in [1.29, 1.82) is 0 Å². The molecule has 1 N–H and O–H groups in total. The summed E-state index contributed by atoms with van der Waals surface area (Å²) in [5.74, 6) is 1.18. The second kappa shape index (κ2) is 4.94. The van der Waals surface area contributed by atoms with Crippen LogP contribution in [0.1, 0.15) is 18.7 Å². The van der Waals surface area contributed by atoms with Gasteiger partial charge >= 0.3 is 0 Å². The minimum atomic E-state index is 0.154. The van der Waals surface area contributed by atoms with Crippen molar-refractivity contribution in [2.24, 2.45) is 0 Å². The number of likely N-dealkylation sites (N-methyl/N-ethyl adjacent to an activating group) is 1. The van der Waals surface area contributed by atoms with Crippen LogP contribution >= 0.6 is 0 Å². The maximum absolute atomic E-state index is 8.74. The van der Waals surface area contributed by atoms with Crippen LogP contribution in [0, 0.1) is 6.92 Å². The minimum absolute atomic E-state index is 0.154. The standard InChI is InChI=1S/C8H15N3O2/c1-3-11(4-5-12)6-8-10-9-7(2)13-8/h12H,3-6H2,1-2H3. The van der Waals surface area contributed by atoms with Gasteiger partial charge in [-0.3, -0.25) is 4.90 Å². The first-order valence-corrected chi connectivity index (χ1v) is 4.38. The van der Waals surface area contributed by atoms with Crippen LogP contribution in [-0.4, -0.2) is 39.9 Å². The molecule has 0 aliphatic rings. The minimum Gasteiger partial charge on any atom is -0.424 e. The van der Waals surface area contributed by atoms with E-state index in [9.17, 15) is 0 Å². The van der Waals surface area contributed by atoms with Gasteiger partial charge in [-0.25, -0.2) is 0 Å². The fourth-order valence-corrected chi connectivity index (χ4v) is 1.08. The molecule has 0 bridgehead atoms. The van der Waals surface area contributed by atoms with E-state index < -0.39 is 0 Å². The van der Waals surface area contributed by atoms with E-state index in [1.54, 1.807) is 6.92 Å². The fourth-order valence-electron chi connectivity index (χ4n) is 1.08. The molecule has 5 heteroatoms. The van der Waals surface area contributed by atoms with E-state index in [1.165, 1.54) is 0 Å². The highest BCUT2D eigenvalue weighted by Crippen LogP contribution is 2.02. The first kappa shape index (κ1) is 10.1. The Morgan fingerprint density at radius 2 is 2.23 bits per heavy atom. The number of aliphatic hydroxyl groups excluding tert-OH is 1. The van der Waals surface area contributed by atoms with Gasteiger partial charge < -0.3 is 9.52 Å². The quantitative estimate of drug-likeness (QED) is 0.709. The van der Waals surface area contributed by atoms with E-state index in [4.69, 9.17) is 9.52 Å². The molecule has 0 spiro atoms. The molecule has 1 heterocycles. The summed E-state index contributed by atoms with van der Waals surface area (Å²) in [5.41, 5.74) is 0. The predicted molar refractivity (Wildman–Crippen MR) is 47.1 cm³/mol. The number of rotatable bonds is 5. The topological polar surface area (TPSA) is 62.4 Å². The second-order valence-electron chi connectivity index (χ2n) is 2.81. The predicted octanol–water partition coefficient (Wildman–Crippen LogP) is 0.192. The highest BCUT2D eigenvalue weighted by atomic mass is 16.4. The molecule has 0 unspecified atom stereocenters. The molecule has 0 aliphatic carbocycles. The van der Waals surface area contributed by atoms with E-state index in [-0.39, 0.29) is 6.61 Å². The summed E-state index contributed by atoms with van der Waals surface area (Å²) in [6.07, 6.45) is 0. The Labute approximate surface area is 77.4 Å². The maximum Gasteiger partial charge on any atom is 0.230 e. The summed E-state index contributed by atoms with van der Waals surface area (Å²) < 4.78 is 5.22. The average Bonchev–Trinajstić information content (AvgIpc) is 2.50. The van der Waals surface area contributed by atoms with E-state index in [2.05, 4.69) is 10.2 Å². The molecular weight excluding hydrogens is 170 g/mol. The number of hydrogen-bond donors (Lipinski definition) is 1. The van der Waals surface area contributed by atoms with Gasteiger partial charge in [0.05, 0.1) is 13.2 Å². The van der Waals surface area contributed by atoms with Gasteiger partial charge in [-0.15, -0.1) is 10.2 Å². The van der Waals surface area contributed by atoms with Crippen LogP contribution in [0.4, 0.5) is 0 Å². The lowest BCUT2D eigenvalue weighted by Crippen LogP contribution is -2.26. The molecule has 0 aromatic carbocycles. The van der Waals surface area contributed by atoms with Gasteiger partial charge in [-0.2, -0.15) is 0 Å². The van der Waals surface area contributed by atoms with E-state index in [1.807, 2.05) is 11.8 Å². The normalized spacial score (nSPS) is 11.1. The first-order valence-electron chi connectivity index (χ1n) is 4.38. The Morgan fingerprint density at radius 1 is 1.46 bits per heavy atom. The largest absolute Gasteiger partial charge is 0.424 e. The molecular formula is C8H15N3O2. The van der Waals surface area contributed by atoms with Crippen molar-refractivity contribution >= 4 is 0 Å². The average molecular weight is 185 g/mol. The fraction of sp³-hybridized carbons (Fsp3) is 0.750. The van der Waals surface area contributed by atoms with Crippen LogP contribution in [0.2, 0.25) is 0 Å². The smallest absolute Gasteiger partial charge is 0.230 e. The molecule has 0 atom stereocenters. The van der Waals surface area contributed by atoms with Crippen LogP contribution in [0.15, 0.2) is 4.42 Å². The maximum atomic E-state index is 8.74. The lowest BCUT2D eigenvalue weighted by Gasteiger charge is -2.15. The van der Waals surface area contributed by atoms with Gasteiger partial charge in [0, 0.05) is 13.5 Å². The second-order valence-corrected chi connectivity index (χ2v) is 2.81. The Kier molecular flexibility index (Phi) is 3.85. The highest BCUT2D eigenvalue weighted by Gasteiger charge is 2.07. The summed E-state index contributed by atoms with van der Waals surface area (Å²) >= 11 is 0. The van der Waals surface area contributed by atoms with E-state index in [0.717, 1.165) is 6.54 Å². The highest BCUT2D eigenvalue weighted by molar-refractivity contribution is 4.78. The summed E-state index contributed by atoms with van der Waals surface area (Å²) in [6, 6.07) is 0. The molecule has 1 aromatic rings. The molecule has 0 radical (unpaired) electrons. The van der Waals surface area contributed by atoms with Gasteiger partial charge in [-0.05, 0) is 6.54 Å². The number of aryl methyl sites for hydroxylation is 1. The molecule has 0 amide bonds. The van der Waals surface area contributed by atoms with Crippen LogP contribution in [-0.2, 0) is 6.54 Å². The zero-order chi connectivity index (χ0) is 9.68. The van der Waals surface area contributed by atoms with Crippen LogP contribution < -0.4 is 0 Å². The number of aromatic nitrogens is 2. The van der Waals surface area contributed by atoms with Crippen LogP contribution in [0.25, 0.3) is 0 Å². The van der Waals surface area contributed by atoms with Crippen LogP contribution in [0.5, 0.6) is 0 Å². The molecule has 0 aliphatic heterocycles. The van der Waals surface area contributed by atoms with Gasteiger partial charge in [0.1, 0.15) is 0 Å². The van der Waals surface area contributed by atoms with E-state index >= 15 is 0 Å². The molecule has 1 aromatic heterocycles. The SMILES string of the molecule is CCN(CCO)Cc1nnc(C)o1. The zero-order valence-electron chi connectivity index (χ0n) is 8.03. The number of nitrogens with zero attached hydrogens (tertiary/aromatic N) is 3. The lowest BCUT2D eigenvalue weighted by molar-refractivity contribution is 0.184. The first-order chi connectivity index (χ1) is 6.26. The Morgan fingerprint density at radius 3 is 2.69 bits per heavy atom. The van der Waals surface area contributed by atoms with Gasteiger partial charge in [-0.1, -0.05) is 6.92 Å². The molecule has 74 valence electrons. The van der Waals surface area contributed by atoms with Crippen molar-refractivity contribution in [3.8, 4) is 0 Å². The van der Waals surface area contributed by atoms with E-state index in [0.29, 0.717) is 24.9 Å². The van der Waals surface area contributed by atoms with Crippen molar-refractivity contribution in [3.05, 3.63) is 11.8 Å². The summed E-state index contributed by atoms with van der Waals surface area (Å²) in [7, 11) is 0. The van der Waals surface area contributed by atoms with Crippen LogP contribution in [0.3, 0.4) is 0 Å². The molecule has 1 rings (SSSR count). The lowest BCUT2D eigenvalue weighted by atomic mass is 10.4. The summed E-state index contributed by atoms with van der Waals surface area (Å²) in [6.45, 7) is 6.05. The third kappa shape index (κ3) is 3.12. The van der Waals surface area contributed by atoms with Gasteiger partial charge in [0.25, 0.3) is 0 Å². The molecule has 13 heavy (non-hydrogen) atoms.